The van der Waals surface area contributed by atoms with E-state index in [2.05, 4.69) is 50.3 Å². The summed E-state index contributed by atoms with van der Waals surface area (Å²) in [5, 5.41) is 7.61. The van der Waals surface area contributed by atoms with Crippen LogP contribution in [0.3, 0.4) is 0 Å². The number of hydrogen-bond acceptors (Lipinski definition) is 7. The minimum Gasteiger partial charge on any atom is -0.364 e. The molecule has 0 aliphatic carbocycles. The lowest BCUT2D eigenvalue weighted by atomic mass is 10.1. The molecule has 0 spiro atoms. The third kappa shape index (κ3) is 4.85. The lowest BCUT2D eigenvalue weighted by Gasteiger charge is -2.37. The summed E-state index contributed by atoms with van der Waals surface area (Å²) in [7, 11) is -3.76. The molecule has 10 heteroatoms. The van der Waals surface area contributed by atoms with Crippen LogP contribution in [0, 0.1) is 6.92 Å². The molecule has 2 atom stereocenters. The summed E-state index contributed by atoms with van der Waals surface area (Å²) in [4.78, 5) is 11.9. The highest BCUT2D eigenvalue weighted by molar-refractivity contribution is 9.10. The van der Waals surface area contributed by atoms with Gasteiger partial charge in [-0.15, -0.1) is 0 Å². The Morgan fingerprint density at radius 3 is 2.53 bits per heavy atom. The van der Waals surface area contributed by atoms with Gasteiger partial charge in [0, 0.05) is 42.0 Å². The molecule has 5 rings (SSSR count). The first-order valence-electron chi connectivity index (χ1n) is 11.9. The SMILES string of the molecule is Cc1ccc(S(=O)(=O)n2cc(Br)c3c(NCc4cccc(N5C[C@@H](C)N[C@@H](C)C5)n4)nccc32)cc1. The maximum absolute atomic E-state index is 13.4. The summed E-state index contributed by atoms with van der Waals surface area (Å²) in [6, 6.07) is 15.4. The molecule has 8 nitrogen and oxygen atoms in total. The van der Waals surface area contributed by atoms with Crippen LogP contribution in [0.5, 0.6) is 0 Å². The number of aromatic nitrogens is 3. The Morgan fingerprint density at radius 1 is 1.08 bits per heavy atom. The molecule has 4 heterocycles. The van der Waals surface area contributed by atoms with Gasteiger partial charge in [-0.25, -0.2) is 22.4 Å². The van der Waals surface area contributed by atoms with E-state index in [-0.39, 0.29) is 4.90 Å². The summed E-state index contributed by atoms with van der Waals surface area (Å²) in [6.07, 6.45) is 3.20. The van der Waals surface area contributed by atoms with E-state index in [1.165, 1.54) is 3.97 Å². The Hall–Kier alpha value is -2.95. The molecule has 2 N–H and O–H groups in total. The van der Waals surface area contributed by atoms with Gasteiger partial charge in [0.1, 0.15) is 11.6 Å². The maximum Gasteiger partial charge on any atom is 0.268 e. The zero-order valence-corrected chi connectivity index (χ0v) is 22.8. The summed E-state index contributed by atoms with van der Waals surface area (Å²) < 4.78 is 28.7. The predicted octanol–water partition coefficient (Wildman–Crippen LogP) is 4.54. The van der Waals surface area contributed by atoms with Crippen LogP contribution >= 0.6 is 15.9 Å². The molecule has 3 aromatic heterocycles. The molecule has 1 aliphatic rings. The number of benzene rings is 1. The fourth-order valence-electron chi connectivity index (χ4n) is 4.69. The van der Waals surface area contributed by atoms with Crippen LogP contribution < -0.4 is 15.5 Å². The Labute approximate surface area is 219 Å². The Balaban J connectivity index is 1.42. The first kappa shape index (κ1) is 24.7. The molecule has 1 fully saturated rings. The molecular formula is C26H29BrN6O2S. The molecule has 0 unspecified atom stereocenters. The average Bonchev–Trinajstić information content (AvgIpc) is 3.20. The van der Waals surface area contributed by atoms with E-state index in [1.807, 2.05) is 25.1 Å². The van der Waals surface area contributed by atoms with Gasteiger partial charge >= 0.3 is 0 Å². The molecule has 36 heavy (non-hydrogen) atoms. The minimum atomic E-state index is -3.76. The van der Waals surface area contributed by atoms with Gasteiger partial charge in [-0.3, -0.25) is 0 Å². The zero-order chi connectivity index (χ0) is 25.4. The summed E-state index contributed by atoms with van der Waals surface area (Å²) >= 11 is 3.55. The zero-order valence-electron chi connectivity index (χ0n) is 20.4. The third-order valence-corrected chi connectivity index (χ3v) is 8.61. The van der Waals surface area contributed by atoms with Crippen molar-refractivity contribution in [3.8, 4) is 0 Å². The molecule has 0 amide bonds. The molecule has 4 aromatic rings. The van der Waals surface area contributed by atoms with Crippen molar-refractivity contribution in [1.29, 1.82) is 0 Å². The molecule has 1 aliphatic heterocycles. The third-order valence-electron chi connectivity index (χ3n) is 6.32. The number of aryl methyl sites for hydroxylation is 1. The van der Waals surface area contributed by atoms with Crippen molar-refractivity contribution in [3.05, 3.63) is 76.7 Å². The van der Waals surface area contributed by atoms with Gasteiger partial charge in [0.25, 0.3) is 10.0 Å². The monoisotopic (exact) mass is 568 g/mol. The standard InChI is InChI=1S/C26H29BrN6O2S/c1-17-7-9-21(10-8-17)36(34,35)33-16-22(27)25-23(33)11-12-28-26(25)29-13-20-5-4-6-24(31-20)32-14-18(2)30-19(3)15-32/h4-12,16,18-19,30H,13-15H2,1-3H3,(H,28,29)/t18-,19+. The summed E-state index contributed by atoms with van der Waals surface area (Å²) in [5.41, 5.74) is 2.43. The van der Waals surface area contributed by atoms with Crippen LogP contribution in [0.15, 0.2) is 70.3 Å². The fourth-order valence-corrected chi connectivity index (χ4v) is 6.79. The molecule has 0 saturated carbocycles. The number of pyridine rings is 2. The van der Waals surface area contributed by atoms with E-state index < -0.39 is 10.0 Å². The van der Waals surface area contributed by atoms with Crippen molar-refractivity contribution in [2.75, 3.05) is 23.3 Å². The van der Waals surface area contributed by atoms with Gasteiger partial charge in [-0.05, 0) is 67.0 Å². The second-order valence-corrected chi connectivity index (χ2v) is 12.0. The smallest absolute Gasteiger partial charge is 0.268 e. The van der Waals surface area contributed by atoms with Crippen LogP contribution in [-0.2, 0) is 16.6 Å². The predicted molar refractivity (Wildman–Crippen MR) is 147 cm³/mol. The topological polar surface area (TPSA) is 92.2 Å². The van der Waals surface area contributed by atoms with Crippen molar-refractivity contribution in [2.45, 2.75) is 44.3 Å². The van der Waals surface area contributed by atoms with Gasteiger partial charge in [-0.2, -0.15) is 0 Å². The largest absolute Gasteiger partial charge is 0.364 e. The van der Waals surface area contributed by atoms with Crippen molar-refractivity contribution in [2.24, 2.45) is 0 Å². The van der Waals surface area contributed by atoms with Gasteiger partial charge in [0.05, 0.1) is 28.0 Å². The molecule has 1 saturated heterocycles. The lowest BCUT2D eigenvalue weighted by molar-refractivity contribution is 0.405. The molecule has 1 aromatic carbocycles. The van der Waals surface area contributed by atoms with Gasteiger partial charge < -0.3 is 15.5 Å². The van der Waals surface area contributed by atoms with Crippen LogP contribution in [0.2, 0.25) is 0 Å². The minimum absolute atomic E-state index is 0.237. The average molecular weight is 570 g/mol. The maximum atomic E-state index is 13.4. The van der Waals surface area contributed by atoms with E-state index in [4.69, 9.17) is 4.98 Å². The number of nitrogens with zero attached hydrogens (tertiary/aromatic N) is 4. The highest BCUT2D eigenvalue weighted by Crippen LogP contribution is 2.34. The van der Waals surface area contributed by atoms with Crippen LogP contribution in [-0.4, -0.2) is 47.5 Å². The number of fused-ring (bicyclic) bond motifs is 1. The first-order chi connectivity index (χ1) is 17.2. The second-order valence-electron chi connectivity index (χ2n) is 9.36. The van der Waals surface area contributed by atoms with Crippen LogP contribution in [0.1, 0.15) is 25.1 Å². The highest BCUT2D eigenvalue weighted by atomic mass is 79.9. The van der Waals surface area contributed by atoms with Crippen molar-refractivity contribution < 1.29 is 8.42 Å². The Kier molecular flexibility index (Phi) is 6.76. The lowest BCUT2D eigenvalue weighted by Crippen LogP contribution is -2.54. The quantitative estimate of drug-likeness (QED) is 0.353. The van der Waals surface area contributed by atoms with Gasteiger partial charge in [0.2, 0.25) is 0 Å². The highest BCUT2D eigenvalue weighted by Gasteiger charge is 2.23. The number of anilines is 2. The Morgan fingerprint density at radius 2 is 1.81 bits per heavy atom. The first-order valence-corrected chi connectivity index (χ1v) is 14.1. The Bertz CT molecular complexity index is 1490. The number of halogens is 1. The summed E-state index contributed by atoms with van der Waals surface area (Å²) in [6.45, 7) is 8.57. The van der Waals surface area contributed by atoms with E-state index in [0.717, 1.165) is 30.2 Å². The summed E-state index contributed by atoms with van der Waals surface area (Å²) in [5.74, 6) is 1.55. The normalized spacial score (nSPS) is 18.5. The second kappa shape index (κ2) is 9.84. The van der Waals surface area contributed by atoms with Crippen molar-refractivity contribution in [3.63, 3.8) is 0 Å². The van der Waals surface area contributed by atoms with Crippen LogP contribution in [0.25, 0.3) is 10.9 Å². The molecule has 0 bridgehead atoms. The van der Waals surface area contributed by atoms with Crippen molar-refractivity contribution in [1.82, 2.24) is 19.3 Å². The van der Waals surface area contributed by atoms with E-state index >= 15 is 0 Å². The van der Waals surface area contributed by atoms with Crippen LogP contribution in [0.4, 0.5) is 11.6 Å². The van der Waals surface area contributed by atoms with E-state index in [9.17, 15) is 8.42 Å². The fraction of sp³-hybridized carbons (Fsp3) is 0.308. The molecule has 0 radical (unpaired) electrons. The molecule has 188 valence electrons. The van der Waals surface area contributed by atoms with Gasteiger partial charge in [-0.1, -0.05) is 23.8 Å². The molecular weight excluding hydrogens is 540 g/mol. The van der Waals surface area contributed by atoms with Crippen molar-refractivity contribution >= 4 is 48.5 Å². The number of piperazine rings is 1. The van der Waals surface area contributed by atoms with Gasteiger partial charge in [0.15, 0.2) is 0 Å². The number of rotatable bonds is 6. The number of nitrogens with one attached hydrogen (secondary N) is 2. The van der Waals surface area contributed by atoms with E-state index in [0.29, 0.717) is 39.8 Å². The van der Waals surface area contributed by atoms with E-state index in [1.54, 1.807) is 42.7 Å². The number of hydrogen-bond donors (Lipinski definition) is 2.